The fourth-order valence-corrected chi connectivity index (χ4v) is 3.50. The van der Waals surface area contributed by atoms with Crippen LogP contribution in [-0.4, -0.2) is 67.4 Å². The average Bonchev–Trinajstić information content (AvgIpc) is 3.05. The van der Waals surface area contributed by atoms with Crippen molar-refractivity contribution in [3.05, 3.63) is 47.0 Å². The van der Waals surface area contributed by atoms with Crippen molar-refractivity contribution in [1.29, 1.82) is 0 Å². The number of hydrogen-bond acceptors (Lipinski definition) is 4. The highest BCUT2D eigenvalue weighted by Crippen LogP contribution is 2.32. The van der Waals surface area contributed by atoms with Gasteiger partial charge in [-0.25, -0.2) is 9.18 Å². The van der Waals surface area contributed by atoms with Crippen LogP contribution in [0.2, 0.25) is 0 Å². The first-order chi connectivity index (χ1) is 13.8. The molecule has 2 heterocycles. The van der Waals surface area contributed by atoms with Gasteiger partial charge in [-0.15, -0.1) is 0 Å². The summed E-state index contributed by atoms with van der Waals surface area (Å²) in [5, 5.41) is 0. The SMILES string of the molecule is CCOC(=O)c1c(C)[nH]c(C(=O)C(=O)N2CC[NH+](C)CC2)c1-c1ccc(F)cc1. The van der Waals surface area contributed by atoms with Crippen molar-refractivity contribution < 1.29 is 28.4 Å². The summed E-state index contributed by atoms with van der Waals surface area (Å²) in [6.07, 6.45) is 0. The molecule has 7 nitrogen and oxygen atoms in total. The van der Waals surface area contributed by atoms with E-state index in [4.69, 9.17) is 4.74 Å². The van der Waals surface area contributed by atoms with Crippen LogP contribution >= 0.6 is 0 Å². The van der Waals surface area contributed by atoms with Gasteiger partial charge in [-0.3, -0.25) is 9.59 Å². The Balaban J connectivity index is 2.04. The van der Waals surface area contributed by atoms with Crippen molar-refractivity contribution in [1.82, 2.24) is 9.88 Å². The topological polar surface area (TPSA) is 83.9 Å². The molecule has 1 aliphatic rings. The minimum atomic E-state index is -0.720. The number of aromatic nitrogens is 1. The smallest absolute Gasteiger partial charge is 0.340 e. The van der Waals surface area contributed by atoms with E-state index >= 15 is 0 Å². The van der Waals surface area contributed by atoms with Crippen LogP contribution in [0.1, 0.15) is 33.5 Å². The van der Waals surface area contributed by atoms with Crippen LogP contribution in [0.15, 0.2) is 24.3 Å². The lowest BCUT2D eigenvalue weighted by Crippen LogP contribution is -3.12. The van der Waals surface area contributed by atoms with Crippen LogP contribution in [0.3, 0.4) is 0 Å². The number of aromatic amines is 1. The van der Waals surface area contributed by atoms with Crippen molar-refractivity contribution in [2.75, 3.05) is 39.8 Å². The van der Waals surface area contributed by atoms with Gasteiger partial charge < -0.3 is 19.5 Å². The van der Waals surface area contributed by atoms with E-state index in [0.717, 1.165) is 13.1 Å². The molecule has 8 heteroatoms. The predicted molar refractivity (Wildman–Crippen MR) is 104 cm³/mol. The number of quaternary nitrogens is 1. The second-order valence-electron chi connectivity index (χ2n) is 7.18. The molecule has 0 radical (unpaired) electrons. The van der Waals surface area contributed by atoms with Gasteiger partial charge in [0.25, 0.3) is 11.7 Å². The summed E-state index contributed by atoms with van der Waals surface area (Å²) in [6, 6.07) is 5.43. The number of Topliss-reactive ketones (excluding diaryl/α,β-unsaturated/α-hetero) is 1. The first-order valence-corrected chi connectivity index (χ1v) is 9.64. The summed E-state index contributed by atoms with van der Waals surface area (Å²) in [4.78, 5) is 44.2. The molecule has 0 aliphatic carbocycles. The largest absolute Gasteiger partial charge is 0.462 e. The molecule has 3 rings (SSSR count). The maximum atomic E-state index is 13.4. The molecule has 154 valence electrons. The van der Waals surface area contributed by atoms with E-state index in [1.54, 1.807) is 13.8 Å². The maximum Gasteiger partial charge on any atom is 0.340 e. The molecule has 0 bridgehead atoms. The highest BCUT2D eigenvalue weighted by atomic mass is 19.1. The number of esters is 1. The molecule has 1 amide bonds. The van der Waals surface area contributed by atoms with E-state index < -0.39 is 23.5 Å². The van der Waals surface area contributed by atoms with Gasteiger partial charge in [-0.1, -0.05) is 12.1 Å². The number of nitrogens with zero attached hydrogens (tertiary/aromatic N) is 1. The monoisotopic (exact) mass is 402 g/mol. The van der Waals surface area contributed by atoms with E-state index in [1.807, 2.05) is 7.05 Å². The second kappa shape index (κ2) is 8.57. The Hall–Kier alpha value is -3.00. The zero-order valence-electron chi connectivity index (χ0n) is 16.8. The van der Waals surface area contributed by atoms with Gasteiger partial charge in [-0.2, -0.15) is 0 Å². The van der Waals surface area contributed by atoms with Gasteiger partial charge in [0.1, 0.15) is 11.5 Å². The molecule has 2 aromatic rings. The summed E-state index contributed by atoms with van der Waals surface area (Å²) >= 11 is 0. The number of likely N-dealkylation sites (N-methyl/N-ethyl adjacent to an activating group) is 1. The van der Waals surface area contributed by atoms with Crippen molar-refractivity contribution in [2.24, 2.45) is 0 Å². The molecule has 29 heavy (non-hydrogen) atoms. The molecule has 1 aromatic heterocycles. The maximum absolute atomic E-state index is 13.4. The van der Waals surface area contributed by atoms with E-state index in [0.29, 0.717) is 24.3 Å². The van der Waals surface area contributed by atoms with Crippen molar-refractivity contribution >= 4 is 17.7 Å². The van der Waals surface area contributed by atoms with Crippen LogP contribution < -0.4 is 4.90 Å². The predicted octanol–water partition coefficient (Wildman–Crippen LogP) is 0.846. The molecule has 0 spiro atoms. The number of hydrogen-bond donors (Lipinski definition) is 2. The van der Waals surface area contributed by atoms with Crippen molar-refractivity contribution in [3.8, 4) is 11.1 Å². The number of carbonyl (C=O) groups excluding carboxylic acids is 3. The van der Waals surface area contributed by atoms with E-state index in [1.165, 1.54) is 34.1 Å². The lowest BCUT2D eigenvalue weighted by atomic mass is 9.98. The third kappa shape index (κ3) is 4.22. The Morgan fingerprint density at radius 1 is 1.17 bits per heavy atom. The normalized spacial score (nSPS) is 14.7. The number of piperazine rings is 1. The summed E-state index contributed by atoms with van der Waals surface area (Å²) in [7, 11) is 2.04. The summed E-state index contributed by atoms with van der Waals surface area (Å²) in [5.41, 5.74) is 1.34. The molecule has 1 aromatic carbocycles. The fraction of sp³-hybridized carbons (Fsp3) is 0.381. The number of rotatable bonds is 5. The minimum absolute atomic E-state index is 0.0217. The lowest BCUT2D eigenvalue weighted by Gasteiger charge is -2.29. The van der Waals surface area contributed by atoms with Crippen LogP contribution in [0, 0.1) is 12.7 Å². The van der Waals surface area contributed by atoms with E-state index in [-0.39, 0.29) is 23.4 Å². The summed E-state index contributed by atoms with van der Waals surface area (Å²) < 4.78 is 18.6. The van der Waals surface area contributed by atoms with E-state index in [2.05, 4.69) is 4.98 Å². The molecule has 0 saturated carbocycles. The number of H-pyrrole nitrogens is 1. The first-order valence-electron chi connectivity index (χ1n) is 9.64. The molecular weight excluding hydrogens is 377 g/mol. The number of halogens is 1. The van der Waals surface area contributed by atoms with Crippen molar-refractivity contribution in [3.63, 3.8) is 0 Å². The Morgan fingerprint density at radius 3 is 2.38 bits per heavy atom. The molecular formula is C21H25FN3O4+. The number of aryl methyl sites for hydroxylation is 1. The number of benzene rings is 1. The number of nitrogens with one attached hydrogen (secondary N) is 2. The first kappa shape index (κ1) is 20.7. The Bertz CT molecular complexity index is 928. The Labute approximate surface area is 168 Å². The van der Waals surface area contributed by atoms with Gasteiger partial charge in [0, 0.05) is 11.3 Å². The molecule has 0 unspecified atom stereocenters. The molecule has 2 N–H and O–H groups in total. The Kier molecular flexibility index (Phi) is 6.12. The molecule has 1 fully saturated rings. The number of carbonyl (C=O) groups is 3. The fourth-order valence-electron chi connectivity index (χ4n) is 3.50. The summed E-state index contributed by atoms with van der Waals surface area (Å²) in [6.45, 7) is 6.00. The van der Waals surface area contributed by atoms with E-state index in [9.17, 15) is 18.8 Å². The third-order valence-corrected chi connectivity index (χ3v) is 5.13. The zero-order chi connectivity index (χ0) is 21.1. The molecule has 0 atom stereocenters. The highest BCUT2D eigenvalue weighted by Gasteiger charge is 2.33. The molecule has 1 aliphatic heterocycles. The second-order valence-corrected chi connectivity index (χ2v) is 7.18. The molecule has 1 saturated heterocycles. The van der Waals surface area contributed by atoms with Crippen LogP contribution in [-0.2, 0) is 9.53 Å². The van der Waals surface area contributed by atoms with Crippen LogP contribution in [0.5, 0.6) is 0 Å². The highest BCUT2D eigenvalue weighted by molar-refractivity contribution is 6.43. The van der Waals surface area contributed by atoms with Gasteiger partial charge in [0.2, 0.25) is 0 Å². The average molecular weight is 402 g/mol. The minimum Gasteiger partial charge on any atom is -0.462 e. The Morgan fingerprint density at radius 2 is 1.79 bits per heavy atom. The quantitative estimate of drug-likeness (QED) is 0.441. The zero-order valence-corrected chi connectivity index (χ0v) is 16.8. The van der Waals surface area contributed by atoms with Gasteiger partial charge >= 0.3 is 5.97 Å². The standard InChI is InChI=1S/C21H24FN3O4/c1-4-29-21(28)16-13(2)23-18(17(16)14-5-7-15(22)8-6-14)19(26)20(27)25-11-9-24(3)10-12-25/h5-8,23H,4,9-12H2,1-3H3/p+1. The number of ether oxygens (including phenoxy) is 1. The van der Waals surface area contributed by atoms with Gasteiger partial charge in [-0.05, 0) is 31.5 Å². The van der Waals surface area contributed by atoms with Gasteiger partial charge in [0.05, 0.1) is 45.4 Å². The summed E-state index contributed by atoms with van der Waals surface area (Å²) in [5.74, 6) is -2.38. The number of amides is 1. The van der Waals surface area contributed by atoms with Gasteiger partial charge in [0.15, 0.2) is 0 Å². The lowest BCUT2D eigenvalue weighted by molar-refractivity contribution is -0.883. The van der Waals surface area contributed by atoms with Crippen LogP contribution in [0.25, 0.3) is 11.1 Å². The third-order valence-electron chi connectivity index (χ3n) is 5.13. The number of ketones is 1. The van der Waals surface area contributed by atoms with Crippen LogP contribution in [0.4, 0.5) is 4.39 Å². The van der Waals surface area contributed by atoms with Crippen molar-refractivity contribution in [2.45, 2.75) is 13.8 Å².